The molecule has 1 aliphatic heterocycles. The lowest BCUT2D eigenvalue weighted by Crippen LogP contribution is -2.49. The summed E-state index contributed by atoms with van der Waals surface area (Å²) in [5, 5.41) is 8.79. The summed E-state index contributed by atoms with van der Waals surface area (Å²) >= 11 is 0. The maximum absolute atomic E-state index is 10.7. The van der Waals surface area contributed by atoms with Crippen LogP contribution in [-0.2, 0) is 11.3 Å². The van der Waals surface area contributed by atoms with Crippen molar-refractivity contribution in [3.63, 3.8) is 0 Å². The smallest absolute Gasteiger partial charge is 0.309 e. The fraction of sp³-hybridized carbons (Fsp3) is 0.500. The minimum atomic E-state index is -0.686. The number of carboxylic acid groups (broad SMARTS) is 1. The Balaban J connectivity index is 1.79. The lowest BCUT2D eigenvalue weighted by Gasteiger charge is -2.36. The summed E-state index contributed by atoms with van der Waals surface area (Å²) < 4.78 is 5.51. The number of benzene rings is 1. The van der Waals surface area contributed by atoms with Crippen LogP contribution in [0.2, 0.25) is 0 Å². The number of nitrogens with zero attached hydrogens (tertiary/aromatic N) is 1. The summed E-state index contributed by atoms with van der Waals surface area (Å²) in [6, 6.07) is 8.02. The average Bonchev–Trinajstić information content (AvgIpc) is 2.31. The number of hydrogen-bond acceptors (Lipinski definition) is 3. The molecule has 0 amide bonds. The maximum atomic E-state index is 10.7. The van der Waals surface area contributed by atoms with Gasteiger partial charge >= 0.3 is 5.97 Å². The van der Waals surface area contributed by atoms with Crippen LogP contribution in [-0.4, -0.2) is 35.7 Å². The first-order valence-corrected chi connectivity index (χ1v) is 6.36. The molecule has 2 rings (SSSR count). The zero-order valence-corrected chi connectivity index (χ0v) is 10.6. The number of ether oxygens (including phenoxy) is 1. The van der Waals surface area contributed by atoms with E-state index in [1.165, 1.54) is 5.56 Å². The van der Waals surface area contributed by atoms with Crippen molar-refractivity contribution in [2.75, 3.05) is 19.7 Å². The zero-order valence-electron chi connectivity index (χ0n) is 10.6. The van der Waals surface area contributed by atoms with Gasteiger partial charge in [0, 0.05) is 19.6 Å². The monoisotopic (exact) mass is 249 g/mol. The Bertz CT molecular complexity index is 396. The van der Waals surface area contributed by atoms with Gasteiger partial charge in [0.1, 0.15) is 5.75 Å². The van der Waals surface area contributed by atoms with Gasteiger partial charge in [-0.1, -0.05) is 19.1 Å². The Morgan fingerprint density at radius 3 is 2.61 bits per heavy atom. The zero-order chi connectivity index (χ0) is 13.0. The predicted molar refractivity (Wildman–Crippen MR) is 68.6 cm³/mol. The van der Waals surface area contributed by atoms with Crippen LogP contribution >= 0.6 is 0 Å². The quantitative estimate of drug-likeness (QED) is 0.837. The summed E-state index contributed by atoms with van der Waals surface area (Å²) in [7, 11) is 0. The van der Waals surface area contributed by atoms with Gasteiger partial charge in [-0.2, -0.15) is 0 Å². The molecule has 1 aliphatic rings. The van der Waals surface area contributed by atoms with Crippen molar-refractivity contribution in [2.45, 2.75) is 19.9 Å². The Hall–Kier alpha value is -1.55. The molecule has 98 valence electrons. The summed E-state index contributed by atoms with van der Waals surface area (Å²) in [6.45, 7) is 4.95. The van der Waals surface area contributed by atoms with E-state index in [0.717, 1.165) is 25.3 Å². The molecule has 0 unspecified atom stereocenters. The van der Waals surface area contributed by atoms with E-state index in [1.807, 2.05) is 24.3 Å². The van der Waals surface area contributed by atoms with E-state index in [1.54, 1.807) is 0 Å². The van der Waals surface area contributed by atoms with Crippen molar-refractivity contribution >= 4 is 5.97 Å². The van der Waals surface area contributed by atoms with Gasteiger partial charge in [0.25, 0.3) is 0 Å². The first-order chi connectivity index (χ1) is 8.69. The molecule has 0 aliphatic carbocycles. The van der Waals surface area contributed by atoms with E-state index >= 15 is 0 Å². The summed E-state index contributed by atoms with van der Waals surface area (Å²) in [6.07, 6.45) is 1.01. The van der Waals surface area contributed by atoms with E-state index in [0.29, 0.717) is 13.1 Å². The van der Waals surface area contributed by atoms with Crippen LogP contribution < -0.4 is 4.74 Å². The van der Waals surface area contributed by atoms with Crippen molar-refractivity contribution in [3.05, 3.63) is 29.8 Å². The normalized spacial score (nSPS) is 16.3. The van der Waals surface area contributed by atoms with Gasteiger partial charge in [-0.3, -0.25) is 9.69 Å². The summed E-state index contributed by atoms with van der Waals surface area (Å²) in [5.41, 5.74) is 1.20. The molecule has 4 heteroatoms. The van der Waals surface area contributed by atoms with E-state index in [-0.39, 0.29) is 5.92 Å². The third kappa shape index (κ3) is 3.23. The molecule has 0 radical (unpaired) electrons. The van der Waals surface area contributed by atoms with Gasteiger partial charge < -0.3 is 9.84 Å². The van der Waals surface area contributed by atoms with Gasteiger partial charge in [-0.25, -0.2) is 0 Å². The van der Waals surface area contributed by atoms with Crippen LogP contribution in [0, 0.1) is 5.92 Å². The molecule has 1 N–H and O–H groups in total. The molecular weight excluding hydrogens is 230 g/mol. The second kappa shape index (κ2) is 5.87. The van der Waals surface area contributed by atoms with Crippen LogP contribution in [0.15, 0.2) is 24.3 Å². The molecule has 0 saturated carbocycles. The van der Waals surface area contributed by atoms with Gasteiger partial charge in [-0.05, 0) is 24.1 Å². The van der Waals surface area contributed by atoms with Crippen LogP contribution in [0.1, 0.15) is 18.9 Å². The van der Waals surface area contributed by atoms with Gasteiger partial charge in [-0.15, -0.1) is 0 Å². The number of carboxylic acids is 1. The minimum Gasteiger partial charge on any atom is -0.494 e. The maximum Gasteiger partial charge on any atom is 0.309 e. The first kappa shape index (κ1) is 12.9. The lowest BCUT2D eigenvalue weighted by molar-refractivity contribution is -0.147. The molecule has 18 heavy (non-hydrogen) atoms. The summed E-state index contributed by atoms with van der Waals surface area (Å²) in [5.74, 6) is 0.0272. The Morgan fingerprint density at radius 1 is 1.39 bits per heavy atom. The predicted octanol–water partition coefficient (Wildman–Crippen LogP) is 1.99. The molecular formula is C14H19NO3. The molecule has 4 nitrogen and oxygen atoms in total. The van der Waals surface area contributed by atoms with Gasteiger partial charge in [0.2, 0.25) is 0 Å². The third-order valence-corrected chi connectivity index (χ3v) is 3.11. The van der Waals surface area contributed by atoms with Crippen LogP contribution in [0.4, 0.5) is 0 Å². The van der Waals surface area contributed by atoms with E-state index in [2.05, 4.69) is 11.8 Å². The third-order valence-electron chi connectivity index (χ3n) is 3.11. The number of carbonyl (C=O) groups is 1. The fourth-order valence-corrected chi connectivity index (χ4v) is 2.02. The highest BCUT2D eigenvalue weighted by Gasteiger charge is 2.31. The largest absolute Gasteiger partial charge is 0.494 e. The number of rotatable bonds is 6. The summed E-state index contributed by atoms with van der Waals surface area (Å²) in [4.78, 5) is 12.8. The second-order valence-corrected chi connectivity index (χ2v) is 4.72. The molecule has 1 heterocycles. The highest BCUT2D eigenvalue weighted by molar-refractivity contribution is 5.71. The van der Waals surface area contributed by atoms with Gasteiger partial charge in [0.05, 0.1) is 12.5 Å². The molecule has 0 aromatic heterocycles. The van der Waals surface area contributed by atoms with Gasteiger partial charge in [0.15, 0.2) is 0 Å². The molecule has 1 aromatic rings. The molecule has 1 saturated heterocycles. The molecule has 0 bridgehead atoms. The van der Waals surface area contributed by atoms with E-state index < -0.39 is 5.97 Å². The molecule has 1 fully saturated rings. The molecule has 0 atom stereocenters. The highest BCUT2D eigenvalue weighted by Crippen LogP contribution is 2.20. The van der Waals surface area contributed by atoms with Crippen LogP contribution in [0.3, 0.4) is 0 Å². The van der Waals surface area contributed by atoms with Crippen molar-refractivity contribution in [1.82, 2.24) is 4.90 Å². The van der Waals surface area contributed by atoms with Crippen LogP contribution in [0.5, 0.6) is 5.75 Å². The topological polar surface area (TPSA) is 49.8 Å². The van der Waals surface area contributed by atoms with E-state index in [9.17, 15) is 4.79 Å². The van der Waals surface area contributed by atoms with Crippen molar-refractivity contribution in [3.8, 4) is 5.75 Å². The number of likely N-dealkylation sites (tertiary alicyclic amines) is 1. The highest BCUT2D eigenvalue weighted by atomic mass is 16.5. The Kier molecular flexibility index (Phi) is 4.20. The standard InChI is InChI=1S/C14H19NO3/c1-2-7-18-13-5-3-11(4-6-13)8-15-9-12(10-15)14(16)17/h3-6,12H,2,7-10H2,1H3,(H,16,17). The van der Waals surface area contributed by atoms with Crippen LogP contribution in [0.25, 0.3) is 0 Å². The average molecular weight is 249 g/mol. The Labute approximate surface area is 107 Å². The second-order valence-electron chi connectivity index (χ2n) is 4.72. The fourth-order valence-electron chi connectivity index (χ4n) is 2.02. The van der Waals surface area contributed by atoms with Crippen molar-refractivity contribution in [1.29, 1.82) is 0 Å². The molecule has 1 aromatic carbocycles. The van der Waals surface area contributed by atoms with E-state index in [4.69, 9.17) is 9.84 Å². The lowest BCUT2D eigenvalue weighted by atomic mass is 10.00. The van der Waals surface area contributed by atoms with Crippen molar-refractivity contribution in [2.24, 2.45) is 5.92 Å². The van der Waals surface area contributed by atoms with Crippen molar-refractivity contribution < 1.29 is 14.6 Å². The Morgan fingerprint density at radius 2 is 2.06 bits per heavy atom. The SMILES string of the molecule is CCCOc1ccc(CN2CC(C(=O)O)C2)cc1. The molecule has 0 spiro atoms. The first-order valence-electron chi connectivity index (χ1n) is 6.36. The number of aliphatic carboxylic acids is 1. The minimum absolute atomic E-state index is 0.183. The number of hydrogen-bond donors (Lipinski definition) is 1.